The maximum atomic E-state index is 13.6. The van der Waals surface area contributed by atoms with Gasteiger partial charge in [-0.15, -0.1) is 0 Å². The smallest absolute Gasteiger partial charge is 0.169 e. The molecule has 1 unspecified atom stereocenters. The minimum atomic E-state index is -0.346. The van der Waals surface area contributed by atoms with Crippen LogP contribution in [0.1, 0.15) is 12.5 Å². The van der Waals surface area contributed by atoms with E-state index in [1.165, 1.54) is 12.3 Å². The molecule has 0 bridgehead atoms. The zero-order valence-electron chi connectivity index (χ0n) is 8.26. The third-order valence-electron chi connectivity index (χ3n) is 2.36. The van der Waals surface area contributed by atoms with Gasteiger partial charge in [0.2, 0.25) is 0 Å². The largest absolute Gasteiger partial charge is 0.461 e. The van der Waals surface area contributed by atoms with Gasteiger partial charge in [-0.2, -0.15) is 0 Å². The highest BCUT2D eigenvalue weighted by atomic mass is 79.9. The van der Waals surface area contributed by atoms with Crippen LogP contribution in [0, 0.1) is 5.82 Å². The average Bonchev–Trinajstić information content (AvgIpc) is 2.64. The molecule has 0 spiro atoms. The highest BCUT2D eigenvalue weighted by molar-refractivity contribution is 9.09. The molecule has 1 atom stereocenters. The van der Waals surface area contributed by atoms with Crippen molar-refractivity contribution >= 4 is 32.5 Å². The van der Waals surface area contributed by atoms with Crippen LogP contribution < -0.4 is 0 Å². The molecule has 15 heavy (non-hydrogen) atoms. The van der Waals surface area contributed by atoms with E-state index in [1.807, 2.05) is 13.0 Å². The quantitative estimate of drug-likeness (QED) is 0.738. The van der Waals surface area contributed by atoms with E-state index in [0.29, 0.717) is 5.58 Å². The summed E-state index contributed by atoms with van der Waals surface area (Å²) in [6.07, 6.45) is 1.48. The first-order valence-electron chi connectivity index (χ1n) is 4.59. The van der Waals surface area contributed by atoms with E-state index in [-0.39, 0.29) is 10.6 Å². The summed E-state index contributed by atoms with van der Waals surface area (Å²) < 4.78 is 18.6. The maximum Gasteiger partial charge on any atom is 0.169 e. The first-order valence-corrected chi connectivity index (χ1v) is 5.51. The highest BCUT2D eigenvalue weighted by Crippen LogP contribution is 2.27. The van der Waals surface area contributed by atoms with E-state index in [2.05, 4.69) is 22.5 Å². The minimum Gasteiger partial charge on any atom is -0.461 e. The van der Waals surface area contributed by atoms with Crippen molar-refractivity contribution in [3.05, 3.63) is 42.4 Å². The van der Waals surface area contributed by atoms with E-state index in [0.717, 1.165) is 16.5 Å². The lowest BCUT2D eigenvalue weighted by molar-refractivity contribution is 0.560. The Bertz CT molecular complexity index is 513. The summed E-state index contributed by atoms with van der Waals surface area (Å²) in [5.74, 6) is -0.346. The van der Waals surface area contributed by atoms with E-state index < -0.39 is 0 Å². The molecule has 0 saturated heterocycles. The second kappa shape index (κ2) is 3.81. The van der Waals surface area contributed by atoms with E-state index >= 15 is 0 Å². The van der Waals surface area contributed by atoms with Crippen LogP contribution in [0.3, 0.4) is 0 Å². The predicted molar refractivity (Wildman–Crippen MR) is 63.6 cm³/mol. The summed E-state index contributed by atoms with van der Waals surface area (Å²) in [6.45, 7) is 5.87. The fourth-order valence-electron chi connectivity index (χ4n) is 1.45. The molecule has 1 heterocycles. The molecule has 2 aromatic rings. The van der Waals surface area contributed by atoms with Gasteiger partial charge in [-0.1, -0.05) is 22.5 Å². The van der Waals surface area contributed by atoms with Crippen molar-refractivity contribution in [2.24, 2.45) is 0 Å². The normalized spacial score (nSPS) is 13.0. The molecule has 78 valence electrons. The van der Waals surface area contributed by atoms with E-state index in [4.69, 9.17) is 4.42 Å². The van der Waals surface area contributed by atoms with Crippen molar-refractivity contribution in [1.29, 1.82) is 0 Å². The molecule has 1 nitrogen and oxygen atoms in total. The summed E-state index contributed by atoms with van der Waals surface area (Å²) in [5.41, 5.74) is 1.96. The van der Waals surface area contributed by atoms with Crippen molar-refractivity contribution in [3.63, 3.8) is 0 Å². The Kier molecular flexibility index (Phi) is 2.65. The van der Waals surface area contributed by atoms with E-state index in [9.17, 15) is 4.39 Å². The topological polar surface area (TPSA) is 13.1 Å². The van der Waals surface area contributed by atoms with Crippen LogP contribution in [0.15, 0.2) is 35.5 Å². The van der Waals surface area contributed by atoms with Crippen LogP contribution in [-0.4, -0.2) is 4.83 Å². The fraction of sp³-hybridized carbons (Fsp3) is 0.167. The van der Waals surface area contributed by atoms with Gasteiger partial charge in [0.05, 0.1) is 6.26 Å². The highest BCUT2D eigenvalue weighted by Gasteiger charge is 2.11. The van der Waals surface area contributed by atoms with Gasteiger partial charge in [0.1, 0.15) is 0 Å². The Labute approximate surface area is 95.7 Å². The van der Waals surface area contributed by atoms with Gasteiger partial charge < -0.3 is 4.42 Å². The first kappa shape index (κ1) is 10.4. The Morgan fingerprint density at radius 3 is 2.93 bits per heavy atom. The summed E-state index contributed by atoms with van der Waals surface area (Å²) in [4.78, 5) is 0.126. The number of alkyl halides is 1. The number of rotatable bonds is 2. The van der Waals surface area contributed by atoms with Gasteiger partial charge >= 0.3 is 0 Å². The number of benzene rings is 1. The van der Waals surface area contributed by atoms with Crippen molar-refractivity contribution in [1.82, 2.24) is 0 Å². The molecule has 1 aromatic heterocycles. The lowest BCUT2D eigenvalue weighted by atomic mass is 10.0. The number of allylic oxidation sites excluding steroid dienone is 1. The lowest BCUT2D eigenvalue weighted by Crippen LogP contribution is -1.94. The van der Waals surface area contributed by atoms with Gasteiger partial charge in [-0.25, -0.2) is 4.39 Å². The number of hydrogen-bond donors (Lipinski definition) is 0. The van der Waals surface area contributed by atoms with Crippen molar-refractivity contribution in [3.8, 4) is 0 Å². The van der Waals surface area contributed by atoms with Crippen molar-refractivity contribution < 1.29 is 8.81 Å². The van der Waals surface area contributed by atoms with Gasteiger partial charge in [0.15, 0.2) is 11.4 Å². The van der Waals surface area contributed by atoms with Crippen molar-refractivity contribution in [2.75, 3.05) is 0 Å². The van der Waals surface area contributed by atoms with Crippen LogP contribution >= 0.6 is 15.9 Å². The second-order valence-corrected chi connectivity index (χ2v) is 4.81. The Morgan fingerprint density at radius 2 is 2.27 bits per heavy atom. The molecule has 0 aliphatic heterocycles. The zero-order valence-corrected chi connectivity index (χ0v) is 9.84. The van der Waals surface area contributed by atoms with Gasteiger partial charge in [0, 0.05) is 10.2 Å². The summed E-state index contributed by atoms with van der Waals surface area (Å²) in [6, 6.07) is 5.07. The third-order valence-corrected chi connectivity index (χ3v) is 2.91. The standard InChI is InChI=1S/C12H10BrFO/c1-7(8(2)13)10-5-9-3-4-15-12(9)11(14)6-10/h3-6,8H,1H2,2H3. The van der Waals surface area contributed by atoms with Gasteiger partial charge in [-0.05, 0) is 36.3 Å². The maximum absolute atomic E-state index is 13.6. The molecule has 0 saturated carbocycles. The molecule has 0 aliphatic carbocycles. The Balaban J connectivity index is 2.59. The summed E-state index contributed by atoms with van der Waals surface area (Å²) in [7, 11) is 0. The number of hydrogen-bond acceptors (Lipinski definition) is 1. The second-order valence-electron chi connectivity index (χ2n) is 3.44. The first-order chi connectivity index (χ1) is 7.09. The Morgan fingerprint density at radius 1 is 1.53 bits per heavy atom. The molecule has 0 fully saturated rings. The van der Waals surface area contributed by atoms with Crippen molar-refractivity contribution in [2.45, 2.75) is 11.8 Å². The molecular formula is C12H10BrFO. The van der Waals surface area contributed by atoms with Crippen LogP contribution in [-0.2, 0) is 0 Å². The van der Waals surface area contributed by atoms with Crippen LogP contribution in [0.25, 0.3) is 16.5 Å². The molecule has 0 aliphatic rings. The lowest BCUT2D eigenvalue weighted by Gasteiger charge is -2.08. The number of furan rings is 1. The monoisotopic (exact) mass is 268 g/mol. The molecule has 0 radical (unpaired) electrons. The van der Waals surface area contributed by atoms with E-state index in [1.54, 1.807) is 6.07 Å². The predicted octanol–water partition coefficient (Wildman–Crippen LogP) is 4.37. The molecule has 1 aromatic carbocycles. The van der Waals surface area contributed by atoms with Crippen LogP contribution in [0.5, 0.6) is 0 Å². The zero-order chi connectivity index (χ0) is 11.0. The van der Waals surface area contributed by atoms with Gasteiger partial charge in [-0.3, -0.25) is 0 Å². The third kappa shape index (κ3) is 1.84. The summed E-state index contributed by atoms with van der Waals surface area (Å²) >= 11 is 3.41. The number of halogens is 2. The fourth-order valence-corrected chi connectivity index (χ4v) is 1.72. The molecular weight excluding hydrogens is 259 g/mol. The average molecular weight is 269 g/mol. The molecule has 0 N–H and O–H groups in total. The number of fused-ring (bicyclic) bond motifs is 1. The van der Waals surface area contributed by atoms with Gasteiger partial charge in [0.25, 0.3) is 0 Å². The molecule has 0 amide bonds. The molecule has 2 rings (SSSR count). The van der Waals surface area contributed by atoms with Crippen LogP contribution in [0.4, 0.5) is 4.39 Å². The Hall–Kier alpha value is -1.09. The van der Waals surface area contributed by atoms with Crippen LogP contribution in [0.2, 0.25) is 0 Å². The summed E-state index contributed by atoms with van der Waals surface area (Å²) in [5, 5.41) is 0.763. The SMILES string of the molecule is C=C(c1cc(F)c2occc2c1)C(C)Br. The molecule has 3 heteroatoms. The minimum absolute atomic E-state index is 0.126.